The molecule has 148 valence electrons. The molecule has 6 nitrogen and oxygen atoms in total. The van der Waals surface area contributed by atoms with Gasteiger partial charge < -0.3 is 5.32 Å². The fraction of sp³-hybridized carbons (Fsp3) is 0.143. The third-order valence-electron chi connectivity index (χ3n) is 4.09. The largest absolute Gasteiger partial charge is 0.326 e. The van der Waals surface area contributed by atoms with E-state index in [-0.39, 0.29) is 23.8 Å². The highest BCUT2D eigenvalue weighted by atomic mass is 35.5. The monoisotopic (exact) mass is 412 g/mol. The van der Waals surface area contributed by atoms with Crippen LogP contribution in [0.1, 0.15) is 18.2 Å². The van der Waals surface area contributed by atoms with Gasteiger partial charge in [-0.3, -0.25) is 19.5 Å². The van der Waals surface area contributed by atoms with Gasteiger partial charge in [-0.25, -0.2) is 9.37 Å². The van der Waals surface area contributed by atoms with E-state index in [0.717, 1.165) is 11.1 Å². The molecule has 0 radical (unpaired) electrons. The summed E-state index contributed by atoms with van der Waals surface area (Å²) in [5, 5.41) is 3.25. The topological polar surface area (TPSA) is 75.2 Å². The molecule has 0 aliphatic carbocycles. The van der Waals surface area contributed by atoms with Crippen LogP contribution >= 0.6 is 11.6 Å². The van der Waals surface area contributed by atoms with Gasteiger partial charge in [-0.1, -0.05) is 29.8 Å². The number of amides is 2. The van der Waals surface area contributed by atoms with Crippen LogP contribution in [0.15, 0.2) is 54.9 Å². The standard InChI is InChI=1S/C21H18ClFN4O2/c1-13-9-19(18(23)12-25-13)27(14(2)28)20-11-16(7-8-24-20)26-21(29)10-15-5-3-4-6-17(15)22/h3-9,11-12H,10H2,1-2H3,(H,24,26,29). The molecule has 2 aromatic heterocycles. The molecule has 0 bridgehead atoms. The second-order valence-electron chi connectivity index (χ2n) is 6.35. The average Bonchev–Trinajstić information content (AvgIpc) is 2.66. The fourth-order valence-corrected chi connectivity index (χ4v) is 3.00. The zero-order valence-corrected chi connectivity index (χ0v) is 16.6. The van der Waals surface area contributed by atoms with Crippen molar-refractivity contribution in [3.8, 4) is 0 Å². The summed E-state index contributed by atoms with van der Waals surface area (Å²) in [6.07, 6.45) is 2.57. The van der Waals surface area contributed by atoms with Crippen molar-refractivity contribution < 1.29 is 14.0 Å². The van der Waals surface area contributed by atoms with Crippen molar-refractivity contribution >= 4 is 40.6 Å². The molecule has 8 heteroatoms. The summed E-state index contributed by atoms with van der Waals surface area (Å²) in [6, 6.07) is 11.6. The van der Waals surface area contributed by atoms with Crippen LogP contribution in [0.5, 0.6) is 0 Å². The Morgan fingerprint density at radius 3 is 2.66 bits per heavy atom. The lowest BCUT2D eigenvalue weighted by molar-refractivity contribution is -0.116. The fourth-order valence-electron chi connectivity index (χ4n) is 2.79. The van der Waals surface area contributed by atoms with Crippen LogP contribution in [-0.2, 0) is 16.0 Å². The molecule has 0 fully saturated rings. The molecular weight excluding hydrogens is 395 g/mol. The molecule has 0 aliphatic rings. The minimum absolute atomic E-state index is 0.0389. The maximum atomic E-state index is 14.3. The smallest absolute Gasteiger partial charge is 0.229 e. The number of carbonyl (C=O) groups excluding carboxylic acids is 2. The zero-order valence-electron chi connectivity index (χ0n) is 15.8. The van der Waals surface area contributed by atoms with E-state index >= 15 is 0 Å². The first-order valence-electron chi connectivity index (χ1n) is 8.77. The number of carbonyl (C=O) groups is 2. The summed E-state index contributed by atoms with van der Waals surface area (Å²) in [6.45, 7) is 3.00. The van der Waals surface area contributed by atoms with Crippen molar-refractivity contribution in [2.45, 2.75) is 20.3 Å². The van der Waals surface area contributed by atoms with Crippen LogP contribution in [0, 0.1) is 12.7 Å². The number of aromatic nitrogens is 2. The van der Waals surface area contributed by atoms with Crippen LogP contribution in [-0.4, -0.2) is 21.8 Å². The predicted molar refractivity (Wildman–Crippen MR) is 110 cm³/mol. The van der Waals surface area contributed by atoms with E-state index in [1.165, 1.54) is 25.3 Å². The summed E-state index contributed by atoms with van der Waals surface area (Å²) in [4.78, 5) is 33.8. The number of nitrogens with zero attached hydrogens (tertiary/aromatic N) is 3. The molecule has 2 heterocycles. The first-order valence-corrected chi connectivity index (χ1v) is 9.15. The van der Waals surface area contributed by atoms with Crippen molar-refractivity contribution in [3.63, 3.8) is 0 Å². The first-order chi connectivity index (χ1) is 13.8. The summed E-state index contributed by atoms with van der Waals surface area (Å²) in [5.74, 6) is -1.18. The van der Waals surface area contributed by atoms with Crippen LogP contribution in [0.25, 0.3) is 0 Å². The lowest BCUT2D eigenvalue weighted by Gasteiger charge is -2.21. The van der Waals surface area contributed by atoms with Crippen molar-refractivity contribution in [3.05, 3.63) is 77.0 Å². The van der Waals surface area contributed by atoms with Gasteiger partial charge in [0.1, 0.15) is 5.82 Å². The number of nitrogens with one attached hydrogen (secondary N) is 1. The van der Waals surface area contributed by atoms with E-state index in [9.17, 15) is 14.0 Å². The second kappa shape index (κ2) is 8.79. The van der Waals surface area contributed by atoms with Crippen molar-refractivity contribution in [2.24, 2.45) is 0 Å². The Labute approximate surface area is 172 Å². The molecule has 2 amide bonds. The molecule has 0 spiro atoms. The number of hydrogen-bond acceptors (Lipinski definition) is 4. The highest BCUT2D eigenvalue weighted by molar-refractivity contribution is 6.31. The molecule has 1 N–H and O–H groups in total. The summed E-state index contributed by atoms with van der Waals surface area (Å²) in [7, 11) is 0. The van der Waals surface area contributed by atoms with Crippen molar-refractivity contribution in [1.82, 2.24) is 9.97 Å². The van der Waals surface area contributed by atoms with E-state index in [1.54, 1.807) is 37.3 Å². The molecule has 3 rings (SSSR count). The number of aryl methyl sites for hydroxylation is 1. The molecule has 1 aromatic carbocycles. The molecule has 0 saturated carbocycles. The number of hydrogen-bond donors (Lipinski definition) is 1. The second-order valence-corrected chi connectivity index (χ2v) is 6.76. The average molecular weight is 413 g/mol. The number of anilines is 3. The van der Waals surface area contributed by atoms with E-state index < -0.39 is 11.7 Å². The Morgan fingerprint density at radius 1 is 1.17 bits per heavy atom. The molecule has 3 aromatic rings. The maximum Gasteiger partial charge on any atom is 0.229 e. The Balaban J connectivity index is 1.85. The van der Waals surface area contributed by atoms with E-state index in [2.05, 4.69) is 15.3 Å². The lowest BCUT2D eigenvalue weighted by atomic mass is 10.1. The minimum Gasteiger partial charge on any atom is -0.326 e. The van der Waals surface area contributed by atoms with Crippen molar-refractivity contribution in [2.75, 3.05) is 10.2 Å². The predicted octanol–water partition coefficient (Wildman–Crippen LogP) is 4.44. The van der Waals surface area contributed by atoms with Gasteiger partial charge in [0.2, 0.25) is 11.8 Å². The number of halogens is 2. The van der Waals surface area contributed by atoms with E-state index in [1.807, 2.05) is 0 Å². The van der Waals surface area contributed by atoms with Gasteiger partial charge in [0.25, 0.3) is 0 Å². The number of benzene rings is 1. The van der Waals surface area contributed by atoms with E-state index in [4.69, 9.17) is 11.6 Å². The zero-order chi connectivity index (χ0) is 21.0. The van der Waals surface area contributed by atoms with Gasteiger partial charge in [-0.15, -0.1) is 0 Å². The van der Waals surface area contributed by atoms with Gasteiger partial charge in [-0.05, 0) is 30.7 Å². The summed E-state index contributed by atoms with van der Waals surface area (Å²) < 4.78 is 14.3. The number of rotatable bonds is 5. The molecule has 0 saturated heterocycles. The molecule has 29 heavy (non-hydrogen) atoms. The molecule has 0 aliphatic heterocycles. The SMILES string of the molecule is CC(=O)N(c1cc(NC(=O)Cc2ccccc2Cl)ccn1)c1cc(C)ncc1F. The van der Waals surface area contributed by atoms with Gasteiger partial charge in [-0.2, -0.15) is 0 Å². The minimum atomic E-state index is -0.652. The quantitative estimate of drug-likeness (QED) is 0.672. The Morgan fingerprint density at radius 2 is 1.93 bits per heavy atom. The molecule has 0 atom stereocenters. The Hall–Kier alpha value is -3.32. The summed E-state index contributed by atoms with van der Waals surface area (Å²) >= 11 is 6.09. The highest BCUT2D eigenvalue weighted by Crippen LogP contribution is 2.28. The summed E-state index contributed by atoms with van der Waals surface area (Å²) in [5.41, 5.74) is 1.71. The van der Waals surface area contributed by atoms with Gasteiger partial charge >= 0.3 is 0 Å². The number of pyridine rings is 2. The maximum absolute atomic E-state index is 14.3. The van der Waals surface area contributed by atoms with Crippen LogP contribution in [0.3, 0.4) is 0 Å². The highest BCUT2D eigenvalue weighted by Gasteiger charge is 2.20. The van der Waals surface area contributed by atoms with Gasteiger partial charge in [0.05, 0.1) is 18.3 Å². The third-order valence-corrected chi connectivity index (χ3v) is 4.46. The van der Waals surface area contributed by atoms with Crippen LogP contribution < -0.4 is 10.2 Å². The Kier molecular flexibility index (Phi) is 6.19. The van der Waals surface area contributed by atoms with Crippen LogP contribution in [0.4, 0.5) is 21.6 Å². The molecular formula is C21H18ClFN4O2. The first kappa shape index (κ1) is 20.4. The van der Waals surface area contributed by atoms with E-state index in [0.29, 0.717) is 22.0 Å². The van der Waals surface area contributed by atoms with Crippen LogP contribution in [0.2, 0.25) is 5.02 Å². The normalized spacial score (nSPS) is 10.5. The van der Waals surface area contributed by atoms with Gasteiger partial charge in [0.15, 0.2) is 5.82 Å². The van der Waals surface area contributed by atoms with Crippen molar-refractivity contribution in [1.29, 1.82) is 0 Å². The Bertz CT molecular complexity index is 1070. The molecule has 0 unspecified atom stereocenters. The van der Waals surface area contributed by atoms with Gasteiger partial charge in [0, 0.05) is 35.6 Å². The lowest BCUT2D eigenvalue weighted by Crippen LogP contribution is -2.25. The third kappa shape index (κ3) is 4.94.